The number of benzene rings is 1. The normalized spacial score (nSPS) is 16.0. The summed E-state index contributed by atoms with van der Waals surface area (Å²) in [5.74, 6) is -0.141. The molecule has 5 rings (SSSR count). The van der Waals surface area contributed by atoms with Crippen molar-refractivity contribution in [2.75, 3.05) is 29.9 Å². The highest BCUT2D eigenvalue weighted by atomic mass is 32.1. The van der Waals surface area contributed by atoms with Gasteiger partial charge in [-0.1, -0.05) is 17.4 Å². The Bertz CT molecular complexity index is 1290. The Kier molecular flexibility index (Phi) is 6.32. The molecule has 2 amide bonds. The number of carbonyl (C=O) groups is 2. The number of nitrogens with one attached hydrogen (secondary N) is 2. The van der Waals surface area contributed by atoms with E-state index >= 15 is 0 Å². The van der Waals surface area contributed by atoms with E-state index in [-0.39, 0.29) is 29.8 Å². The lowest BCUT2D eigenvalue weighted by molar-refractivity contribution is -0.125. The van der Waals surface area contributed by atoms with Gasteiger partial charge in [0.05, 0.1) is 0 Å². The lowest BCUT2D eigenvalue weighted by atomic mass is 9.96. The fraction of sp³-hybridized carbons (Fsp3) is 0.458. The molecule has 3 aromatic rings. The summed E-state index contributed by atoms with van der Waals surface area (Å²) in [6, 6.07) is 6.00. The number of fused-ring (bicyclic) bond motifs is 2. The molecule has 1 saturated heterocycles. The maximum Gasteiger partial charge on any atom is 0.273 e. The molecular weight excluding hydrogens is 452 g/mol. The number of rotatable bonds is 6. The number of amides is 2. The second-order valence-electron chi connectivity index (χ2n) is 8.87. The molecule has 0 radical (unpaired) electrons. The predicted octanol–water partition coefficient (Wildman–Crippen LogP) is 2.33. The molecule has 2 N–H and O–H groups in total. The third-order valence-corrected chi connectivity index (χ3v) is 7.65. The van der Waals surface area contributed by atoms with E-state index in [0.29, 0.717) is 30.0 Å². The Balaban J connectivity index is 1.26. The zero-order valence-electron chi connectivity index (χ0n) is 19.2. The van der Waals surface area contributed by atoms with E-state index in [2.05, 4.69) is 31.6 Å². The lowest BCUT2D eigenvalue weighted by Crippen LogP contribution is -2.40. The second-order valence-corrected chi connectivity index (χ2v) is 9.85. The number of hydrogen-bond donors (Lipinski definition) is 2. The van der Waals surface area contributed by atoms with Gasteiger partial charge >= 0.3 is 0 Å². The smallest absolute Gasteiger partial charge is 0.273 e. The van der Waals surface area contributed by atoms with E-state index in [1.54, 1.807) is 0 Å². The number of aryl methyl sites for hydroxylation is 2. The van der Waals surface area contributed by atoms with Crippen LogP contribution in [0.1, 0.15) is 37.3 Å². The molecule has 3 heterocycles. The van der Waals surface area contributed by atoms with E-state index in [9.17, 15) is 14.4 Å². The average molecular weight is 481 g/mol. The van der Waals surface area contributed by atoms with E-state index in [0.717, 1.165) is 42.9 Å². The van der Waals surface area contributed by atoms with Crippen molar-refractivity contribution in [1.29, 1.82) is 0 Å². The molecule has 0 atom stereocenters. The van der Waals surface area contributed by atoms with Crippen molar-refractivity contribution in [3.63, 3.8) is 0 Å². The van der Waals surface area contributed by atoms with Gasteiger partial charge < -0.3 is 15.5 Å². The third-order valence-electron chi connectivity index (χ3n) is 6.56. The Hall–Kier alpha value is -3.27. The first kappa shape index (κ1) is 22.5. The lowest BCUT2D eigenvalue weighted by Gasteiger charge is -2.30. The number of thiazole rings is 1. The maximum atomic E-state index is 13.0. The largest absolute Gasteiger partial charge is 0.356 e. The summed E-state index contributed by atoms with van der Waals surface area (Å²) >= 11 is 1.30. The number of aromatic nitrogens is 3. The minimum atomic E-state index is -0.268. The van der Waals surface area contributed by atoms with Crippen LogP contribution < -0.4 is 21.1 Å². The molecule has 10 heteroatoms. The van der Waals surface area contributed by atoms with Gasteiger partial charge in [0.15, 0.2) is 10.8 Å². The molecule has 9 nitrogen and oxygen atoms in total. The zero-order chi connectivity index (χ0) is 23.7. The first-order valence-corrected chi connectivity index (χ1v) is 12.6. The minimum Gasteiger partial charge on any atom is -0.356 e. The average Bonchev–Trinajstić information content (AvgIpc) is 3.48. The highest BCUT2D eigenvalue weighted by Gasteiger charge is 2.26. The number of hydrogen-bond acceptors (Lipinski definition) is 7. The standard InChI is InChI=1S/C24H28N6O3S/c1-2-25-22(32)16-8-10-29(11-9-16)24-28-21-20(34-24)23(33)30(14-26-21)13-19(31)27-18-7-6-15-4-3-5-17(15)12-18/h6-7,12,14,16H,2-5,8-11,13H2,1H3,(H,25,32)(H,27,31). The van der Waals surface area contributed by atoms with Crippen molar-refractivity contribution in [1.82, 2.24) is 19.9 Å². The molecular formula is C24H28N6O3S. The predicted molar refractivity (Wildman–Crippen MR) is 132 cm³/mol. The van der Waals surface area contributed by atoms with Crippen LogP contribution in [0.2, 0.25) is 0 Å². The number of carbonyl (C=O) groups excluding carboxylic acids is 2. The van der Waals surface area contributed by atoms with Crippen LogP contribution in [-0.4, -0.2) is 46.0 Å². The Morgan fingerprint density at radius 3 is 2.76 bits per heavy atom. The van der Waals surface area contributed by atoms with Crippen molar-refractivity contribution in [3.05, 3.63) is 46.0 Å². The van der Waals surface area contributed by atoms with Crippen LogP contribution in [0.5, 0.6) is 0 Å². The quantitative estimate of drug-likeness (QED) is 0.561. The van der Waals surface area contributed by atoms with Gasteiger partial charge in [0.2, 0.25) is 11.8 Å². The number of nitrogens with zero attached hydrogens (tertiary/aromatic N) is 4. The Morgan fingerprint density at radius 2 is 1.97 bits per heavy atom. The van der Waals surface area contributed by atoms with Gasteiger partial charge in [-0.3, -0.25) is 19.0 Å². The van der Waals surface area contributed by atoms with Gasteiger partial charge in [0.25, 0.3) is 5.56 Å². The van der Waals surface area contributed by atoms with Gasteiger partial charge in [0, 0.05) is 31.2 Å². The van der Waals surface area contributed by atoms with Crippen molar-refractivity contribution in [2.45, 2.75) is 45.6 Å². The molecule has 0 saturated carbocycles. The summed E-state index contributed by atoms with van der Waals surface area (Å²) in [5, 5.41) is 6.52. The maximum absolute atomic E-state index is 13.0. The van der Waals surface area contributed by atoms with Crippen molar-refractivity contribution >= 4 is 44.3 Å². The molecule has 2 aromatic heterocycles. The molecule has 1 aliphatic heterocycles. The summed E-state index contributed by atoms with van der Waals surface area (Å²) < 4.78 is 1.77. The van der Waals surface area contributed by atoms with Crippen LogP contribution in [0.3, 0.4) is 0 Å². The SMILES string of the molecule is CCNC(=O)C1CCN(c2nc3ncn(CC(=O)Nc4ccc5c(c4)CCC5)c(=O)c3s2)CC1. The summed E-state index contributed by atoms with van der Waals surface area (Å²) in [5.41, 5.74) is 3.51. The first-order valence-electron chi connectivity index (χ1n) is 11.8. The highest BCUT2D eigenvalue weighted by molar-refractivity contribution is 7.22. The van der Waals surface area contributed by atoms with Crippen molar-refractivity contribution < 1.29 is 9.59 Å². The van der Waals surface area contributed by atoms with Crippen LogP contribution in [0.25, 0.3) is 10.3 Å². The minimum absolute atomic E-state index is 0.0186. The van der Waals surface area contributed by atoms with Gasteiger partial charge in [-0.2, -0.15) is 4.98 Å². The van der Waals surface area contributed by atoms with Gasteiger partial charge in [-0.05, 0) is 62.3 Å². The van der Waals surface area contributed by atoms with Gasteiger partial charge in [0.1, 0.15) is 17.6 Å². The van der Waals surface area contributed by atoms with Crippen LogP contribution >= 0.6 is 11.3 Å². The fourth-order valence-electron chi connectivity index (χ4n) is 4.74. The molecule has 34 heavy (non-hydrogen) atoms. The fourth-order valence-corrected chi connectivity index (χ4v) is 5.76. The van der Waals surface area contributed by atoms with Crippen molar-refractivity contribution in [3.8, 4) is 0 Å². The summed E-state index contributed by atoms with van der Waals surface area (Å²) in [4.78, 5) is 48.7. The van der Waals surface area contributed by atoms with Gasteiger partial charge in [-0.15, -0.1) is 0 Å². The topological polar surface area (TPSA) is 109 Å². The van der Waals surface area contributed by atoms with Crippen LogP contribution in [0.15, 0.2) is 29.3 Å². The van der Waals surface area contributed by atoms with Crippen molar-refractivity contribution in [2.24, 2.45) is 5.92 Å². The number of anilines is 2. The van der Waals surface area contributed by atoms with E-state index in [4.69, 9.17) is 0 Å². The summed E-state index contributed by atoms with van der Waals surface area (Å²) in [6.45, 7) is 3.87. The first-order chi connectivity index (χ1) is 16.5. The number of piperidine rings is 1. The molecule has 0 unspecified atom stereocenters. The molecule has 2 aliphatic rings. The summed E-state index contributed by atoms with van der Waals surface area (Å²) in [7, 11) is 0. The second kappa shape index (κ2) is 9.54. The molecule has 0 spiro atoms. The Morgan fingerprint density at radius 1 is 1.18 bits per heavy atom. The monoisotopic (exact) mass is 480 g/mol. The van der Waals surface area contributed by atoms with Crippen LogP contribution in [0, 0.1) is 5.92 Å². The molecule has 0 bridgehead atoms. The molecule has 1 aromatic carbocycles. The Labute approximate surface area is 201 Å². The zero-order valence-corrected chi connectivity index (χ0v) is 20.0. The summed E-state index contributed by atoms with van der Waals surface area (Å²) in [6.07, 6.45) is 6.17. The molecule has 1 aliphatic carbocycles. The highest BCUT2D eigenvalue weighted by Crippen LogP contribution is 2.29. The molecule has 178 valence electrons. The molecule has 1 fully saturated rings. The third kappa shape index (κ3) is 4.54. The van der Waals surface area contributed by atoms with E-state index in [1.165, 1.54) is 33.4 Å². The van der Waals surface area contributed by atoms with Gasteiger partial charge in [-0.25, -0.2) is 4.98 Å². The van der Waals surface area contributed by atoms with E-state index in [1.807, 2.05) is 19.1 Å². The van der Waals surface area contributed by atoms with E-state index < -0.39 is 0 Å². The van der Waals surface area contributed by atoms with Crippen LogP contribution in [-0.2, 0) is 29.0 Å². The van der Waals surface area contributed by atoms with Crippen LogP contribution in [0.4, 0.5) is 10.8 Å².